The van der Waals surface area contributed by atoms with Crippen LogP contribution in [0.4, 0.5) is 0 Å². The summed E-state index contributed by atoms with van der Waals surface area (Å²) in [6.07, 6.45) is 0.970. The van der Waals surface area contributed by atoms with E-state index in [0.717, 1.165) is 6.26 Å². The summed E-state index contributed by atoms with van der Waals surface area (Å²) < 4.78 is 20.0. The van der Waals surface area contributed by atoms with Crippen molar-refractivity contribution in [3.63, 3.8) is 0 Å². The van der Waals surface area contributed by atoms with Gasteiger partial charge in [0, 0.05) is 6.26 Å². The van der Waals surface area contributed by atoms with Gasteiger partial charge in [-0.05, 0) is 38.8 Å². The molecule has 0 amide bonds. The molecule has 0 aromatic carbocycles. The van der Waals surface area contributed by atoms with Crippen LogP contribution in [0.1, 0.15) is 6.92 Å². The van der Waals surface area contributed by atoms with Gasteiger partial charge in [0.25, 0.3) is 0 Å². The van der Waals surface area contributed by atoms with Gasteiger partial charge in [-0.15, -0.1) is 0 Å². The summed E-state index contributed by atoms with van der Waals surface area (Å²) in [6, 6.07) is 0. The van der Waals surface area contributed by atoms with Gasteiger partial charge in [-0.25, -0.2) is 8.42 Å². The van der Waals surface area contributed by atoms with Crippen LogP contribution in [0.3, 0.4) is 0 Å². The molecule has 0 atom stereocenters. The third-order valence-electron chi connectivity index (χ3n) is 0.876. The molecule has 0 N–H and O–H groups in total. The van der Waals surface area contributed by atoms with Crippen LogP contribution in [0.2, 0.25) is 0 Å². The molecule has 60 valence electrons. The average Bonchev–Trinajstić information content (AvgIpc) is 1.62. The van der Waals surface area contributed by atoms with Gasteiger partial charge in [0.15, 0.2) is 15.6 Å². The minimum Gasteiger partial charge on any atom is -0.296 e. The largest absolute Gasteiger partial charge is 0.296 e. The summed E-state index contributed by atoms with van der Waals surface area (Å²) in [5, 5.41) is 0. The maximum absolute atomic E-state index is 10.8. The third-order valence-corrected chi connectivity index (χ3v) is 6.74. The number of alkyl halides is 2. The summed E-state index contributed by atoms with van der Waals surface area (Å²) in [7, 11) is -3.42. The zero-order valence-electron chi connectivity index (χ0n) is 5.39. The van der Waals surface area contributed by atoms with Crippen molar-refractivity contribution in [1.82, 2.24) is 0 Å². The van der Waals surface area contributed by atoms with E-state index in [-0.39, 0.29) is 0 Å². The highest BCUT2D eigenvalue weighted by molar-refractivity contribution is 9.28. The molecule has 0 saturated carbocycles. The highest BCUT2D eigenvalue weighted by Crippen LogP contribution is 2.32. The Bertz CT molecular complexity index is 241. The highest BCUT2D eigenvalue weighted by atomic mass is 79.9. The SMILES string of the molecule is CC(=O)C(Br)(Br)S(C)(=O)=O. The molecule has 0 aliphatic rings. The summed E-state index contributed by atoms with van der Waals surface area (Å²) in [6.45, 7) is 1.19. The number of sulfone groups is 1. The lowest BCUT2D eigenvalue weighted by molar-refractivity contribution is -0.115. The van der Waals surface area contributed by atoms with E-state index in [1.165, 1.54) is 6.92 Å². The van der Waals surface area contributed by atoms with E-state index in [1.807, 2.05) is 0 Å². The molecule has 0 aliphatic heterocycles. The first-order chi connectivity index (χ1) is 4.19. The smallest absolute Gasteiger partial charge is 0.237 e. The van der Waals surface area contributed by atoms with E-state index in [0.29, 0.717) is 0 Å². The molecule has 3 nitrogen and oxygen atoms in total. The van der Waals surface area contributed by atoms with E-state index in [9.17, 15) is 13.2 Å². The molecule has 0 saturated heterocycles. The van der Waals surface area contributed by atoms with Gasteiger partial charge < -0.3 is 0 Å². The molecule has 0 spiro atoms. The van der Waals surface area contributed by atoms with Crippen LogP contribution in [-0.4, -0.2) is 23.0 Å². The maximum Gasteiger partial charge on any atom is 0.237 e. The first kappa shape index (κ1) is 10.6. The Morgan fingerprint density at radius 2 is 1.70 bits per heavy atom. The minimum atomic E-state index is -3.42. The van der Waals surface area contributed by atoms with Crippen molar-refractivity contribution < 1.29 is 13.2 Å². The van der Waals surface area contributed by atoms with Crippen LogP contribution in [0.15, 0.2) is 0 Å². The van der Waals surface area contributed by atoms with Crippen molar-refractivity contribution in [3.8, 4) is 0 Å². The second kappa shape index (κ2) is 2.91. The van der Waals surface area contributed by atoms with Crippen LogP contribution in [0, 0.1) is 0 Å². The van der Waals surface area contributed by atoms with Gasteiger partial charge in [0.05, 0.1) is 0 Å². The van der Waals surface area contributed by atoms with Crippen LogP contribution < -0.4 is 0 Å². The van der Waals surface area contributed by atoms with E-state index >= 15 is 0 Å². The Kier molecular flexibility index (Phi) is 3.07. The maximum atomic E-state index is 10.8. The molecule has 0 bridgehead atoms. The predicted molar refractivity (Wildman–Crippen MR) is 46.1 cm³/mol. The number of rotatable bonds is 2. The Morgan fingerprint density at radius 3 is 1.70 bits per heavy atom. The van der Waals surface area contributed by atoms with Crippen molar-refractivity contribution >= 4 is 47.5 Å². The van der Waals surface area contributed by atoms with Gasteiger partial charge in [-0.3, -0.25) is 4.79 Å². The number of carbonyl (C=O) groups is 1. The third kappa shape index (κ3) is 2.03. The fourth-order valence-electron chi connectivity index (χ4n) is 0.261. The van der Waals surface area contributed by atoms with E-state index in [4.69, 9.17) is 0 Å². The van der Waals surface area contributed by atoms with Crippen molar-refractivity contribution in [1.29, 1.82) is 0 Å². The normalized spacial score (nSPS) is 13.2. The summed E-state index contributed by atoms with van der Waals surface area (Å²) >= 11 is 5.49. The molecule has 0 fully saturated rings. The fourth-order valence-corrected chi connectivity index (χ4v) is 0.783. The number of hydrogen-bond donors (Lipinski definition) is 0. The zero-order chi connectivity index (χ0) is 8.58. The molecule has 0 unspecified atom stereocenters. The molecular weight excluding hydrogens is 288 g/mol. The quantitative estimate of drug-likeness (QED) is 0.716. The van der Waals surface area contributed by atoms with Crippen molar-refractivity contribution in [2.75, 3.05) is 6.26 Å². The Balaban J connectivity index is 4.95. The number of hydrogen-bond acceptors (Lipinski definition) is 3. The lowest BCUT2D eigenvalue weighted by Gasteiger charge is -2.12. The van der Waals surface area contributed by atoms with E-state index in [2.05, 4.69) is 31.9 Å². The minimum absolute atomic E-state index is 0.491. The fraction of sp³-hybridized carbons (Fsp3) is 0.750. The molecule has 0 aromatic rings. The highest BCUT2D eigenvalue weighted by Gasteiger charge is 2.39. The van der Waals surface area contributed by atoms with Crippen LogP contribution >= 0.6 is 31.9 Å². The lowest BCUT2D eigenvalue weighted by atomic mass is 10.5. The second-order valence-corrected chi connectivity index (χ2v) is 8.49. The van der Waals surface area contributed by atoms with Crippen molar-refractivity contribution in [2.45, 2.75) is 9.49 Å². The molecule has 0 aromatic heterocycles. The van der Waals surface area contributed by atoms with Gasteiger partial charge in [0.1, 0.15) is 0 Å². The van der Waals surface area contributed by atoms with E-state index < -0.39 is 18.2 Å². The molecular formula is C4H6Br2O3S. The number of carbonyl (C=O) groups excluding carboxylic acids is 1. The van der Waals surface area contributed by atoms with Gasteiger partial charge in [-0.1, -0.05) is 0 Å². The molecule has 0 radical (unpaired) electrons. The first-order valence-electron chi connectivity index (χ1n) is 2.28. The molecule has 10 heavy (non-hydrogen) atoms. The first-order valence-corrected chi connectivity index (χ1v) is 5.76. The van der Waals surface area contributed by atoms with Gasteiger partial charge in [0.2, 0.25) is 2.57 Å². The summed E-state index contributed by atoms with van der Waals surface area (Å²) in [5.41, 5.74) is 0. The monoisotopic (exact) mass is 292 g/mol. The Hall–Kier alpha value is 0.580. The standard InChI is InChI=1S/C4H6Br2O3S/c1-3(7)4(5,6)10(2,8)9/h1-2H3. The zero-order valence-corrected chi connectivity index (χ0v) is 9.38. The molecule has 0 rings (SSSR count). The molecule has 0 heterocycles. The van der Waals surface area contributed by atoms with E-state index in [1.54, 1.807) is 0 Å². The number of Topliss-reactive ketones (excluding diaryl/α,β-unsaturated/α-hetero) is 1. The average molecular weight is 294 g/mol. The van der Waals surface area contributed by atoms with Gasteiger partial charge >= 0.3 is 0 Å². The molecule has 6 heteroatoms. The van der Waals surface area contributed by atoms with Crippen molar-refractivity contribution in [3.05, 3.63) is 0 Å². The Morgan fingerprint density at radius 1 is 1.40 bits per heavy atom. The molecule has 0 aliphatic carbocycles. The summed E-state index contributed by atoms with van der Waals surface area (Å²) in [4.78, 5) is 10.6. The van der Waals surface area contributed by atoms with Crippen LogP contribution in [-0.2, 0) is 14.6 Å². The van der Waals surface area contributed by atoms with Crippen LogP contribution in [0.5, 0.6) is 0 Å². The van der Waals surface area contributed by atoms with Crippen molar-refractivity contribution in [2.24, 2.45) is 0 Å². The number of halogens is 2. The number of ketones is 1. The van der Waals surface area contributed by atoms with Gasteiger partial charge in [-0.2, -0.15) is 0 Å². The van der Waals surface area contributed by atoms with Crippen LogP contribution in [0.25, 0.3) is 0 Å². The Labute approximate surface area is 76.4 Å². The predicted octanol–water partition coefficient (Wildman–Crippen LogP) is 1.06. The topological polar surface area (TPSA) is 51.2 Å². The second-order valence-electron chi connectivity index (χ2n) is 1.85. The summed E-state index contributed by atoms with van der Waals surface area (Å²) in [5.74, 6) is -0.491. The lowest BCUT2D eigenvalue weighted by Crippen LogP contribution is -2.31.